The van der Waals surface area contributed by atoms with Gasteiger partial charge in [0.15, 0.2) is 5.69 Å². The Morgan fingerprint density at radius 1 is 1.02 bits per heavy atom. The highest BCUT2D eigenvalue weighted by atomic mass is 19.1. The molecule has 0 bridgehead atoms. The molecule has 5 aromatic rings. The van der Waals surface area contributed by atoms with Crippen molar-refractivity contribution in [2.75, 3.05) is 11.9 Å². The number of nitrogens with two attached hydrogens (primary N) is 1. The minimum absolute atomic E-state index is 0.0743. The maximum atomic E-state index is 14.8. The Hall–Kier alpha value is -5.86. The highest BCUT2D eigenvalue weighted by Crippen LogP contribution is 2.48. The van der Waals surface area contributed by atoms with Crippen molar-refractivity contribution in [3.63, 3.8) is 0 Å². The van der Waals surface area contributed by atoms with Crippen molar-refractivity contribution >= 4 is 34.3 Å². The second kappa shape index (κ2) is 10.4. The standard InChI is InChI=1S/C30H24F2N8O5/c31-16-8-24(28(43)36-22-9-17(2-3-21(22)32)40-29(44)18-10-19(18)30(40)45)38(12-16)25(41)13-39-23-4-1-14(15-5-6-34-35-11-15)7-20(23)26(37-39)27(33)42/h1-7,9,11,16,24,44-45H,8,10,12-13H2,(H2,33,42)(H,36,43). The Morgan fingerprint density at radius 2 is 1.80 bits per heavy atom. The first kappa shape index (κ1) is 27.9. The topological polar surface area (TPSA) is 181 Å². The number of rotatable bonds is 7. The first-order valence-corrected chi connectivity index (χ1v) is 13.9. The number of benzene rings is 2. The van der Waals surface area contributed by atoms with E-state index in [4.69, 9.17) is 5.73 Å². The van der Waals surface area contributed by atoms with Gasteiger partial charge in [0.05, 0.1) is 35.8 Å². The lowest BCUT2D eigenvalue weighted by Crippen LogP contribution is -2.44. The van der Waals surface area contributed by atoms with Crippen LogP contribution in [-0.2, 0) is 22.6 Å². The molecule has 2 atom stereocenters. The van der Waals surface area contributed by atoms with Gasteiger partial charge >= 0.3 is 0 Å². The summed E-state index contributed by atoms with van der Waals surface area (Å²) in [7, 11) is 0. The van der Waals surface area contributed by atoms with Crippen molar-refractivity contribution in [3.8, 4) is 28.6 Å². The summed E-state index contributed by atoms with van der Waals surface area (Å²) in [6.45, 7) is -0.811. The zero-order valence-electron chi connectivity index (χ0n) is 23.3. The molecular weight excluding hydrogens is 590 g/mol. The largest absolute Gasteiger partial charge is 0.494 e. The van der Waals surface area contributed by atoms with Crippen molar-refractivity contribution in [1.29, 1.82) is 0 Å². The SMILES string of the molecule is NC(=O)c1nn(CC(=O)N2CC(F)CC2C(=O)Nc2cc(-n3c(O)c4c(c3O)C4)ccc2F)c2ccc(-c3ccnnc3)cc12. The molecule has 0 radical (unpaired) electrons. The van der Waals surface area contributed by atoms with Crippen LogP contribution in [0.4, 0.5) is 14.5 Å². The average Bonchev–Trinajstić information content (AvgIpc) is 3.52. The zero-order chi connectivity index (χ0) is 31.6. The predicted molar refractivity (Wildman–Crippen MR) is 155 cm³/mol. The van der Waals surface area contributed by atoms with Crippen LogP contribution in [0, 0.1) is 5.82 Å². The first-order chi connectivity index (χ1) is 21.6. The number of aromatic hydroxyl groups is 2. The Labute approximate surface area is 252 Å². The lowest BCUT2D eigenvalue weighted by atomic mass is 10.0. The fourth-order valence-corrected chi connectivity index (χ4v) is 5.79. The molecule has 0 saturated carbocycles. The number of hydrogen-bond donors (Lipinski definition) is 4. The molecule has 1 aliphatic heterocycles. The number of carbonyl (C=O) groups excluding carboxylic acids is 3. The fraction of sp³-hybridized carbons (Fsp3) is 0.200. The summed E-state index contributed by atoms with van der Waals surface area (Å²) in [6, 6.07) is 9.14. The second-order valence-corrected chi connectivity index (χ2v) is 10.9. The average molecular weight is 615 g/mol. The number of amides is 3. The molecule has 5 N–H and O–H groups in total. The van der Waals surface area contributed by atoms with Gasteiger partial charge in [-0.25, -0.2) is 8.78 Å². The lowest BCUT2D eigenvalue weighted by Gasteiger charge is -2.24. The van der Waals surface area contributed by atoms with E-state index in [-0.39, 0.29) is 41.8 Å². The zero-order valence-corrected chi connectivity index (χ0v) is 23.3. The van der Waals surface area contributed by atoms with Crippen molar-refractivity contribution < 1.29 is 33.4 Å². The monoisotopic (exact) mass is 614 g/mol. The van der Waals surface area contributed by atoms with Crippen molar-refractivity contribution in [1.82, 2.24) is 29.4 Å². The van der Waals surface area contributed by atoms with Crippen LogP contribution in [0.3, 0.4) is 0 Å². The number of hydrogen-bond acceptors (Lipinski definition) is 8. The van der Waals surface area contributed by atoms with E-state index < -0.39 is 42.3 Å². The number of nitrogens with zero attached hydrogens (tertiary/aromatic N) is 6. The van der Waals surface area contributed by atoms with E-state index in [1.165, 1.54) is 23.0 Å². The van der Waals surface area contributed by atoms with Crippen molar-refractivity contribution in [3.05, 3.63) is 77.5 Å². The molecule has 228 valence electrons. The highest BCUT2D eigenvalue weighted by Gasteiger charge is 2.40. The van der Waals surface area contributed by atoms with Gasteiger partial charge in [-0.15, -0.1) is 0 Å². The summed E-state index contributed by atoms with van der Waals surface area (Å²) in [5, 5.41) is 35.4. The second-order valence-electron chi connectivity index (χ2n) is 10.9. The van der Waals surface area contributed by atoms with Gasteiger partial charge in [0, 0.05) is 34.9 Å². The number of alkyl halides is 1. The minimum atomic E-state index is -1.52. The number of primary amides is 1. The molecule has 3 amide bonds. The van der Waals surface area contributed by atoms with E-state index >= 15 is 0 Å². The molecule has 45 heavy (non-hydrogen) atoms. The molecule has 2 aliphatic rings. The molecule has 1 fully saturated rings. The minimum Gasteiger partial charge on any atom is -0.494 e. The van der Waals surface area contributed by atoms with Gasteiger partial charge in [0.25, 0.3) is 5.91 Å². The molecule has 13 nitrogen and oxygen atoms in total. The molecule has 0 spiro atoms. The number of nitrogens with one attached hydrogen (secondary N) is 1. The molecule has 4 heterocycles. The number of aromatic nitrogens is 5. The molecular formula is C30H24F2N8O5. The van der Waals surface area contributed by atoms with Gasteiger partial charge < -0.3 is 26.2 Å². The number of halogens is 2. The molecule has 15 heteroatoms. The Balaban J connectivity index is 1.13. The van der Waals surface area contributed by atoms with Crippen LogP contribution in [0.2, 0.25) is 0 Å². The molecule has 2 aromatic carbocycles. The normalized spacial score (nSPS) is 17.0. The summed E-state index contributed by atoms with van der Waals surface area (Å²) >= 11 is 0. The smallest absolute Gasteiger partial charge is 0.269 e. The third-order valence-electron chi connectivity index (χ3n) is 8.08. The van der Waals surface area contributed by atoms with Crippen LogP contribution in [0.25, 0.3) is 27.7 Å². The van der Waals surface area contributed by atoms with Gasteiger partial charge in [-0.3, -0.25) is 23.6 Å². The van der Waals surface area contributed by atoms with E-state index in [0.717, 1.165) is 21.1 Å². The number of fused-ring (bicyclic) bond motifs is 2. The van der Waals surface area contributed by atoms with E-state index in [1.807, 2.05) is 0 Å². The van der Waals surface area contributed by atoms with E-state index in [2.05, 4.69) is 20.6 Å². The van der Waals surface area contributed by atoms with Gasteiger partial charge in [-0.1, -0.05) is 6.07 Å². The van der Waals surface area contributed by atoms with Crippen molar-refractivity contribution in [2.24, 2.45) is 5.73 Å². The first-order valence-electron chi connectivity index (χ1n) is 13.9. The maximum absolute atomic E-state index is 14.8. The Bertz CT molecular complexity index is 2020. The van der Waals surface area contributed by atoms with E-state index in [1.54, 1.807) is 30.5 Å². The summed E-state index contributed by atoms with van der Waals surface area (Å²) < 4.78 is 31.8. The molecule has 1 aliphatic carbocycles. The van der Waals surface area contributed by atoms with Crippen LogP contribution >= 0.6 is 0 Å². The predicted octanol–water partition coefficient (Wildman–Crippen LogP) is 2.42. The lowest BCUT2D eigenvalue weighted by molar-refractivity contribution is -0.137. The fourth-order valence-electron chi connectivity index (χ4n) is 5.79. The molecule has 2 unspecified atom stereocenters. The third kappa shape index (κ3) is 4.77. The number of likely N-dealkylation sites (tertiary alicyclic amines) is 1. The number of anilines is 1. The van der Waals surface area contributed by atoms with Crippen molar-refractivity contribution in [2.45, 2.75) is 31.6 Å². The molecule has 3 aromatic heterocycles. The van der Waals surface area contributed by atoms with Gasteiger partial charge in [-0.05, 0) is 42.0 Å². The Kier molecular flexibility index (Phi) is 6.45. The van der Waals surface area contributed by atoms with Crippen LogP contribution in [0.5, 0.6) is 11.8 Å². The molecule has 7 rings (SSSR count). The quantitative estimate of drug-likeness (QED) is 0.211. The van der Waals surface area contributed by atoms with Crippen LogP contribution < -0.4 is 11.1 Å². The van der Waals surface area contributed by atoms with Gasteiger partial charge in [0.1, 0.15) is 24.6 Å². The number of carbonyl (C=O) groups is 3. The third-order valence-corrected chi connectivity index (χ3v) is 8.08. The summed E-state index contributed by atoms with van der Waals surface area (Å²) in [5.41, 5.74) is 8.41. The summed E-state index contributed by atoms with van der Waals surface area (Å²) in [4.78, 5) is 40.1. The van der Waals surface area contributed by atoms with E-state index in [9.17, 15) is 33.4 Å². The van der Waals surface area contributed by atoms with Gasteiger partial charge in [0.2, 0.25) is 23.6 Å². The Morgan fingerprint density at radius 3 is 2.51 bits per heavy atom. The molecule has 1 saturated heterocycles. The van der Waals surface area contributed by atoms with Crippen LogP contribution in [0.15, 0.2) is 54.9 Å². The summed E-state index contributed by atoms with van der Waals surface area (Å²) in [6.07, 6.45) is 1.68. The van der Waals surface area contributed by atoms with Crippen LogP contribution in [0.1, 0.15) is 28.0 Å². The summed E-state index contributed by atoms with van der Waals surface area (Å²) in [5.74, 6) is -3.48. The van der Waals surface area contributed by atoms with Gasteiger partial charge in [-0.2, -0.15) is 15.3 Å². The van der Waals surface area contributed by atoms with Crippen LogP contribution in [-0.4, -0.2) is 76.1 Å². The highest BCUT2D eigenvalue weighted by molar-refractivity contribution is 6.05. The maximum Gasteiger partial charge on any atom is 0.269 e. The van der Waals surface area contributed by atoms with E-state index in [0.29, 0.717) is 34.0 Å².